The third-order valence-electron chi connectivity index (χ3n) is 6.95. The first-order chi connectivity index (χ1) is 19.3. The van der Waals surface area contributed by atoms with Crippen LogP contribution in [0.15, 0.2) is 36.5 Å². The number of anilines is 1. The normalized spacial score (nSPS) is 18.3. The Morgan fingerprint density at radius 3 is 2.42 bits per heavy atom. The van der Waals surface area contributed by atoms with E-state index in [2.05, 4.69) is 41.2 Å². The molecule has 0 saturated carbocycles. The van der Waals surface area contributed by atoms with Crippen LogP contribution in [0.3, 0.4) is 0 Å². The number of benzene rings is 1. The molecule has 0 aliphatic carbocycles. The molecule has 2 fully saturated rings. The van der Waals surface area contributed by atoms with E-state index in [-0.39, 0.29) is 50.8 Å². The van der Waals surface area contributed by atoms with Gasteiger partial charge in [0.05, 0.1) is 44.8 Å². The van der Waals surface area contributed by atoms with Gasteiger partial charge in [0.25, 0.3) is 11.8 Å². The van der Waals surface area contributed by atoms with E-state index in [1.807, 2.05) is 6.07 Å². The molecule has 40 heavy (non-hydrogen) atoms. The van der Waals surface area contributed by atoms with Gasteiger partial charge in [0.15, 0.2) is 0 Å². The van der Waals surface area contributed by atoms with E-state index in [1.54, 1.807) is 24.3 Å². The van der Waals surface area contributed by atoms with E-state index >= 15 is 0 Å². The highest BCUT2D eigenvalue weighted by atomic mass is 35.5. The first-order valence-electron chi connectivity index (χ1n) is 12.8. The summed E-state index contributed by atoms with van der Waals surface area (Å²) in [5.41, 5.74) is 1.79. The molecule has 1 unspecified atom stereocenters. The van der Waals surface area contributed by atoms with Crippen LogP contribution < -0.4 is 16.0 Å². The molecule has 4 heterocycles. The number of carbonyl (C=O) groups excluding carboxylic acids is 4. The largest absolute Gasteiger partial charge is 0.348 e. The summed E-state index contributed by atoms with van der Waals surface area (Å²) in [7, 11) is 0. The van der Waals surface area contributed by atoms with Gasteiger partial charge in [0.2, 0.25) is 11.8 Å². The van der Waals surface area contributed by atoms with Crippen molar-refractivity contribution in [2.45, 2.75) is 44.2 Å². The summed E-state index contributed by atoms with van der Waals surface area (Å²) in [6.07, 6.45) is 3.52. The SMILES string of the molecule is O=C1CCC(c2ccc(CN3CCC(NC(=O)c4[nH]ncc4NC(=O)c4c(Cl)cccc4Cl)CC3)nn2)C(=O)N1. The van der Waals surface area contributed by atoms with E-state index < -0.39 is 11.8 Å². The average molecular weight is 585 g/mol. The molecule has 1 aromatic carbocycles. The summed E-state index contributed by atoms with van der Waals surface area (Å²) in [6.45, 7) is 2.06. The molecule has 4 amide bonds. The Balaban J connectivity index is 1.11. The van der Waals surface area contributed by atoms with Gasteiger partial charge in [0, 0.05) is 32.1 Å². The average Bonchev–Trinajstić information content (AvgIpc) is 3.38. The second-order valence-electron chi connectivity index (χ2n) is 9.69. The zero-order valence-corrected chi connectivity index (χ0v) is 22.8. The van der Waals surface area contributed by atoms with Crippen molar-refractivity contribution in [3.63, 3.8) is 0 Å². The van der Waals surface area contributed by atoms with E-state index in [1.165, 1.54) is 6.20 Å². The van der Waals surface area contributed by atoms with Crippen LogP contribution in [0, 0.1) is 0 Å². The Bertz CT molecular complexity index is 1420. The molecule has 2 saturated heterocycles. The third kappa shape index (κ3) is 6.30. The minimum atomic E-state index is -0.549. The Hall–Kier alpha value is -3.87. The molecule has 0 bridgehead atoms. The summed E-state index contributed by atoms with van der Waals surface area (Å²) in [5.74, 6) is -1.99. The van der Waals surface area contributed by atoms with Crippen LogP contribution >= 0.6 is 23.2 Å². The molecule has 4 N–H and O–H groups in total. The number of halogens is 2. The molecule has 14 heteroatoms. The summed E-state index contributed by atoms with van der Waals surface area (Å²) in [5, 5.41) is 23.4. The summed E-state index contributed by atoms with van der Waals surface area (Å²) in [6, 6.07) is 8.33. The molecule has 2 aromatic heterocycles. The van der Waals surface area contributed by atoms with Crippen LogP contribution in [0.25, 0.3) is 0 Å². The van der Waals surface area contributed by atoms with Gasteiger partial charge in [-0.15, -0.1) is 0 Å². The lowest BCUT2D eigenvalue weighted by Gasteiger charge is -2.32. The predicted octanol–water partition coefficient (Wildman–Crippen LogP) is 2.67. The van der Waals surface area contributed by atoms with Gasteiger partial charge in [-0.2, -0.15) is 15.3 Å². The summed E-state index contributed by atoms with van der Waals surface area (Å²) >= 11 is 12.2. The number of rotatable bonds is 7. The number of H-pyrrole nitrogens is 1. The fourth-order valence-corrected chi connectivity index (χ4v) is 5.36. The Morgan fingerprint density at radius 2 is 1.75 bits per heavy atom. The maximum Gasteiger partial charge on any atom is 0.271 e. The highest BCUT2D eigenvalue weighted by Crippen LogP contribution is 2.26. The van der Waals surface area contributed by atoms with Gasteiger partial charge in [-0.25, -0.2) is 0 Å². The molecular weight excluding hydrogens is 559 g/mol. The van der Waals surface area contributed by atoms with E-state index in [0.29, 0.717) is 25.1 Å². The molecule has 0 radical (unpaired) electrons. The van der Waals surface area contributed by atoms with Crippen LogP contribution in [-0.2, 0) is 16.1 Å². The molecular formula is C26H26Cl2N8O4. The molecule has 208 valence electrons. The number of nitrogens with zero attached hydrogens (tertiary/aromatic N) is 4. The molecule has 2 aliphatic heterocycles. The maximum absolute atomic E-state index is 13.0. The number of imide groups is 1. The zero-order valence-electron chi connectivity index (χ0n) is 21.2. The highest BCUT2D eigenvalue weighted by molar-refractivity contribution is 6.40. The van der Waals surface area contributed by atoms with Gasteiger partial charge < -0.3 is 10.6 Å². The van der Waals surface area contributed by atoms with Gasteiger partial charge >= 0.3 is 0 Å². The smallest absolute Gasteiger partial charge is 0.271 e. The van der Waals surface area contributed by atoms with Gasteiger partial charge in [-0.3, -0.25) is 34.5 Å². The third-order valence-corrected chi connectivity index (χ3v) is 7.58. The Labute approximate surface area is 239 Å². The summed E-state index contributed by atoms with van der Waals surface area (Å²) in [4.78, 5) is 51.3. The van der Waals surface area contributed by atoms with Crippen LogP contribution in [0.2, 0.25) is 10.0 Å². The van der Waals surface area contributed by atoms with Crippen molar-refractivity contribution in [3.8, 4) is 0 Å². The number of amides is 4. The number of carbonyl (C=O) groups is 4. The summed E-state index contributed by atoms with van der Waals surface area (Å²) < 4.78 is 0. The van der Waals surface area contributed by atoms with Crippen molar-refractivity contribution in [3.05, 3.63) is 69.2 Å². The molecule has 1 atom stereocenters. The number of hydrogen-bond donors (Lipinski definition) is 4. The molecule has 3 aromatic rings. The second kappa shape index (κ2) is 12.1. The van der Waals surface area contributed by atoms with Crippen molar-refractivity contribution in [1.29, 1.82) is 0 Å². The van der Waals surface area contributed by atoms with E-state index in [9.17, 15) is 19.2 Å². The first kappa shape index (κ1) is 27.7. The molecule has 12 nitrogen and oxygen atoms in total. The number of nitrogens with one attached hydrogen (secondary N) is 4. The fraction of sp³-hybridized carbons (Fsp3) is 0.346. The fourth-order valence-electron chi connectivity index (χ4n) is 4.79. The van der Waals surface area contributed by atoms with Crippen molar-refractivity contribution in [1.82, 2.24) is 35.9 Å². The van der Waals surface area contributed by atoms with Gasteiger partial charge in [-0.1, -0.05) is 29.3 Å². The highest BCUT2D eigenvalue weighted by Gasteiger charge is 2.29. The topological polar surface area (TPSA) is 162 Å². The number of piperidine rings is 2. The first-order valence-corrected chi connectivity index (χ1v) is 13.5. The monoisotopic (exact) mass is 584 g/mol. The van der Waals surface area contributed by atoms with Crippen LogP contribution in [-0.4, -0.2) is 68.1 Å². The van der Waals surface area contributed by atoms with Gasteiger partial charge in [0.1, 0.15) is 5.69 Å². The second-order valence-corrected chi connectivity index (χ2v) is 10.5. The van der Waals surface area contributed by atoms with Crippen molar-refractivity contribution < 1.29 is 19.2 Å². The lowest BCUT2D eigenvalue weighted by molar-refractivity contribution is -0.134. The molecule has 0 spiro atoms. The van der Waals surface area contributed by atoms with Crippen molar-refractivity contribution in [2.75, 3.05) is 18.4 Å². The number of aromatic nitrogens is 4. The zero-order chi connectivity index (χ0) is 28.2. The number of likely N-dealkylation sites (tertiary alicyclic amines) is 1. The minimum Gasteiger partial charge on any atom is -0.348 e. The molecule has 5 rings (SSSR count). The van der Waals surface area contributed by atoms with E-state index in [4.69, 9.17) is 23.2 Å². The quantitative estimate of drug-likeness (QED) is 0.308. The van der Waals surface area contributed by atoms with E-state index in [0.717, 1.165) is 31.6 Å². The molecule has 2 aliphatic rings. The van der Waals surface area contributed by atoms with Crippen LogP contribution in [0.1, 0.15) is 63.8 Å². The standard InChI is InChI=1S/C26H26Cl2N8O4/c27-17-2-1-3-18(28)22(17)25(39)31-20-12-29-35-23(20)26(40)30-14-8-10-36(11-9-14)13-15-4-6-19(34-33-15)16-5-7-21(37)32-24(16)38/h1-4,6,12,14,16H,5,7-11,13H2,(H,29,35)(H,30,40)(H,31,39)(H,32,37,38). The predicted molar refractivity (Wildman–Crippen MR) is 146 cm³/mol. The number of aromatic amines is 1. The Kier molecular flexibility index (Phi) is 8.38. The van der Waals surface area contributed by atoms with Crippen molar-refractivity contribution >= 4 is 52.5 Å². The number of hydrogen-bond acceptors (Lipinski definition) is 8. The lowest BCUT2D eigenvalue weighted by Crippen LogP contribution is -2.44. The maximum atomic E-state index is 13.0. The van der Waals surface area contributed by atoms with Gasteiger partial charge in [-0.05, 0) is 43.5 Å². The Morgan fingerprint density at radius 1 is 1.00 bits per heavy atom. The lowest BCUT2D eigenvalue weighted by atomic mass is 9.94. The van der Waals surface area contributed by atoms with Crippen LogP contribution in [0.4, 0.5) is 5.69 Å². The van der Waals surface area contributed by atoms with Crippen molar-refractivity contribution in [2.24, 2.45) is 0 Å². The van der Waals surface area contributed by atoms with Crippen LogP contribution in [0.5, 0.6) is 0 Å². The minimum absolute atomic E-state index is 0.0606.